The predicted octanol–water partition coefficient (Wildman–Crippen LogP) is 11.0. The fourth-order valence-corrected chi connectivity index (χ4v) is 7.83. The molecule has 4 N–H and O–H groups in total. The standard InChI is InChI=1S/C25H21N3O.C22H23N3O/c29-22-16-19(17-7-3-1-4-8-17)15-21-23(22)25(27-20-9-5-2-6-10-20)24(28-21)18-11-13-26-14-12-18;1-14(2)16-12-18-20(19(26)13-16)22(24-17-6-4-3-5-7-17)21(25-18)15-8-10-23-11-9-15/h1-14,19,27-28H,15-16H2;3-11,14,16,24-25H,12-13H2,1-2H3/t19-;16-/m00/s1. The zero-order valence-corrected chi connectivity index (χ0v) is 31.1. The van der Waals surface area contributed by atoms with Gasteiger partial charge in [-0.25, -0.2) is 0 Å². The van der Waals surface area contributed by atoms with Gasteiger partial charge >= 0.3 is 0 Å². The van der Waals surface area contributed by atoms with E-state index in [-0.39, 0.29) is 17.5 Å². The Kier molecular flexibility index (Phi) is 10.2. The summed E-state index contributed by atoms with van der Waals surface area (Å²) in [6.07, 6.45) is 9.97. The Morgan fingerprint density at radius 1 is 0.545 bits per heavy atom. The average molecular weight is 725 g/mol. The van der Waals surface area contributed by atoms with E-state index < -0.39 is 0 Å². The average Bonchev–Trinajstić information content (AvgIpc) is 3.78. The number of H-pyrrole nitrogens is 2. The molecular weight excluding hydrogens is 681 g/mol. The first-order chi connectivity index (χ1) is 26.9. The number of nitrogens with zero attached hydrogens (tertiary/aromatic N) is 2. The molecule has 55 heavy (non-hydrogen) atoms. The highest BCUT2D eigenvalue weighted by atomic mass is 16.1. The van der Waals surface area contributed by atoms with E-state index >= 15 is 0 Å². The molecule has 0 spiro atoms. The quantitative estimate of drug-likeness (QED) is 0.124. The van der Waals surface area contributed by atoms with Gasteiger partial charge in [0.2, 0.25) is 0 Å². The second-order valence-corrected chi connectivity index (χ2v) is 14.7. The van der Waals surface area contributed by atoms with Crippen molar-refractivity contribution in [2.24, 2.45) is 11.8 Å². The van der Waals surface area contributed by atoms with Crippen LogP contribution in [0.3, 0.4) is 0 Å². The number of ketones is 2. The summed E-state index contributed by atoms with van der Waals surface area (Å²) < 4.78 is 0. The van der Waals surface area contributed by atoms with Crippen molar-refractivity contribution in [1.82, 2.24) is 19.9 Å². The fraction of sp³-hybridized carbons (Fsp3) is 0.191. The van der Waals surface area contributed by atoms with Gasteiger partial charge in [0, 0.05) is 71.5 Å². The maximum absolute atomic E-state index is 13.3. The van der Waals surface area contributed by atoms with Crippen molar-refractivity contribution in [3.63, 3.8) is 0 Å². The van der Waals surface area contributed by atoms with Crippen molar-refractivity contribution in [3.05, 3.63) is 168 Å². The summed E-state index contributed by atoms with van der Waals surface area (Å²) in [7, 11) is 0. The number of aromatic amines is 2. The Morgan fingerprint density at radius 2 is 0.982 bits per heavy atom. The third-order valence-corrected chi connectivity index (χ3v) is 10.7. The van der Waals surface area contributed by atoms with Gasteiger partial charge in [-0.2, -0.15) is 0 Å². The summed E-state index contributed by atoms with van der Waals surface area (Å²) in [4.78, 5) is 41.6. The first-order valence-corrected chi connectivity index (χ1v) is 19.0. The van der Waals surface area contributed by atoms with Crippen LogP contribution in [0.15, 0.2) is 140 Å². The highest BCUT2D eigenvalue weighted by Crippen LogP contribution is 2.43. The minimum absolute atomic E-state index is 0.176. The molecule has 274 valence electrons. The maximum atomic E-state index is 13.3. The van der Waals surface area contributed by atoms with Gasteiger partial charge in [0.25, 0.3) is 0 Å². The lowest BCUT2D eigenvalue weighted by Gasteiger charge is -2.25. The molecule has 0 unspecified atom stereocenters. The molecule has 0 bridgehead atoms. The van der Waals surface area contributed by atoms with Crippen LogP contribution in [0.1, 0.15) is 70.3 Å². The van der Waals surface area contributed by atoms with E-state index in [0.717, 1.165) is 80.6 Å². The van der Waals surface area contributed by atoms with Gasteiger partial charge in [-0.15, -0.1) is 0 Å². The second-order valence-electron chi connectivity index (χ2n) is 14.7. The number of para-hydroxylation sites is 2. The second kappa shape index (κ2) is 15.8. The molecule has 0 amide bonds. The Hall–Kier alpha value is -6.54. The van der Waals surface area contributed by atoms with Crippen LogP contribution < -0.4 is 10.6 Å². The van der Waals surface area contributed by atoms with Crippen molar-refractivity contribution >= 4 is 34.3 Å². The lowest BCUT2D eigenvalue weighted by Crippen LogP contribution is -2.23. The number of pyridine rings is 2. The molecule has 2 aliphatic rings. The monoisotopic (exact) mass is 724 g/mol. The SMILES string of the molecule is CC(C)[C@@H]1CC(=O)c2c([nH]c(-c3ccncc3)c2Nc2ccccc2)C1.O=C1C[C@@H](c2ccccc2)Cc2[nH]c(-c3ccncc3)c(Nc3ccccc3)c21. The van der Waals surface area contributed by atoms with Crippen molar-refractivity contribution in [1.29, 1.82) is 0 Å². The van der Waals surface area contributed by atoms with Crippen molar-refractivity contribution < 1.29 is 9.59 Å². The molecule has 7 aromatic rings. The number of hydrogen-bond donors (Lipinski definition) is 4. The summed E-state index contributed by atoms with van der Waals surface area (Å²) in [6, 6.07) is 38.1. The Balaban J connectivity index is 0.000000156. The lowest BCUT2D eigenvalue weighted by molar-refractivity contribution is 0.0931. The smallest absolute Gasteiger partial charge is 0.167 e. The first kappa shape index (κ1) is 35.5. The molecule has 0 fully saturated rings. The van der Waals surface area contributed by atoms with E-state index in [1.807, 2.05) is 103 Å². The number of aromatic nitrogens is 4. The Morgan fingerprint density at radius 3 is 1.45 bits per heavy atom. The van der Waals surface area contributed by atoms with E-state index in [0.29, 0.717) is 24.7 Å². The number of fused-ring (bicyclic) bond motifs is 2. The van der Waals surface area contributed by atoms with Gasteiger partial charge in [-0.3, -0.25) is 19.6 Å². The highest BCUT2D eigenvalue weighted by molar-refractivity contribution is 6.08. The normalized spacial score (nSPS) is 16.1. The number of hydrogen-bond acceptors (Lipinski definition) is 6. The lowest BCUT2D eigenvalue weighted by atomic mass is 9.80. The van der Waals surface area contributed by atoms with Crippen LogP contribution in [-0.2, 0) is 12.8 Å². The summed E-state index contributed by atoms with van der Waals surface area (Å²) in [5, 5.41) is 6.97. The van der Waals surface area contributed by atoms with Crippen molar-refractivity contribution in [2.75, 3.05) is 10.6 Å². The Labute approximate surface area is 321 Å². The molecule has 0 aliphatic heterocycles. The van der Waals surface area contributed by atoms with Crippen LogP contribution in [0.4, 0.5) is 22.7 Å². The number of rotatable bonds is 8. The number of carbonyl (C=O) groups excluding carboxylic acids is 2. The van der Waals surface area contributed by atoms with E-state index in [1.165, 1.54) is 5.56 Å². The summed E-state index contributed by atoms with van der Waals surface area (Å²) in [6.45, 7) is 4.39. The number of benzene rings is 3. The molecule has 0 saturated carbocycles. The van der Waals surface area contributed by atoms with Crippen LogP contribution in [0.25, 0.3) is 22.5 Å². The summed E-state index contributed by atoms with van der Waals surface area (Å²) in [5.41, 5.74) is 12.5. The zero-order valence-electron chi connectivity index (χ0n) is 31.1. The van der Waals surface area contributed by atoms with E-state index in [9.17, 15) is 9.59 Å². The third kappa shape index (κ3) is 7.62. The molecule has 0 saturated heterocycles. The van der Waals surface area contributed by atoms with E-state index in [4.69, 9.17) is 0 Å². The van der Waals surface area contributed by atoms with Gasteiger partial charge < -0.3 is 20.6 Å². The maximum Gasteiger partial charge on any atom is 0.167 e. The highest BCUT2D eigenvalue weighted by Gasteiger charge is 2.34. The topological polar surface area (TPSA) is 116 Å². The zero-order chi connectivity index (χ0) is 37.7. The van der Waals surface area contributed by atoms with Crippen LogP contribution in [0, 0.1) is 11.8 Å². The fourth-order valence-electron chi connectivity index (χ4n) is 7.83. The molecule has 8 nitrogen and oxygen atoms in total. The first-order valence-electron chi connectivity index (χ1n) is 19.0. The molecule has 2 atom stereocenters. The van der Waals surface area contributed by atoms with E-state index in [1.54, 1.807) is 24.8 Å². The molecule has 2 aliphatic carbocycles. The van der Waals surface area contributed by atoms with Gasteiger partial charge in [-0.1, -0.05) is 80.6 Å². The van der Waals surface area contributed by atoms with Crippen LogP contribution >= 0.6 is 0 Å². The predicted molar refractivity (Wildman–Crippen MR) is 220 cm³/mol. The molecule has 3 aromatic carbocycles. The number of anilines is 4. The molecule has 4 heterocycles. The van der Waals surface area contributed by atoms with Crippen molar-refractivity contribution in [2.45, 2.75) is 45.4 Å². The van der Waals surface area contributed by atoms with Crippen LogP contribution in [0.2, 0.25) is 0 Å². The van der Waals surface area contributed by atoms with E-state index in [2.05, 4.69) is 56.5 Å². The number of carbonyl (C=O) groups is 2. The molecule has 4 aromatic heterocycles. The minimum atomic E-state index is 0.176. The molecule has 0 radical (unpaired) electrons. The van der Waals surface area contributed by atoms with Crippen LogP contribution in [0.5, 0.6) is 0 Å². The van der Waals surface area contributed by atoms with Crippen LogP contribution in [-0.4, -0.2) is 31.5 Å². The minimum Gasteiger partial charge on any atom is -0.356 e. The summed E-state index contributed by atoms with van der Waals surface area (Å²) >= 11 is 0. The van der Waals surface area contributed by atoms with Gasteiger partial charge in [0.1, 0.15) is 0 Å². The van der Waals surface area contributed by atoms with Gasteiger partial charge in [0.05, 0.1) is 33.9 Å². The number of nitrogens with one attached hydrogen (secondary N) is 4. The molecule has 9 rings (SSSR count). The third-order valence-electron chi connectivity index (χ3n) is 10.7. The van der Waals surface area contributed by atoms with Gasteiger partial charge in [0.15, 0.2) is 11.6 Å². The van der Waals surface area contributed by atoms with Gasteiger partial charge in [-0.05, 0) is 84.7 Å². The Bertz CT molecular complexity index is 2390. The molecule has 8 heteroatoms. The summed E-state index contributed by atoms with van der Waals surface area (Å²) in [5.74, 6) is 1.48. The number of Topliss-reactive ketones (excluding diaryl/α,β-unsaturated/α-hetero) is 2. The largest absolute Gasteiger partial charge is 0.356 e. The molecular formula is C47H44N6O2. The van der Waals surface area contributed by atoms with Crippen molar-refractivity contribution in [3.8, 4) is 22.5 Å².